The summed E-state index contributed by atoms with van der Waals surface area (Å²) in [5, 5.41) is 25.7. The SMILES string of the molecule is CC1CCCN(C(c2ccc([N+](=O)[O-])cc2)c2sc3ncnn3c2O)C1. The smallest absolute Gasteiger partial charge is 0.269 e. The number of fused-ring (bicyclic) bond motifs is 1. The molecule has 0 bridgehead atoms. The van der Waals surface area contributed by atoms with Crippen molar-refractivity contribution in [2.75, 3.05) is 13.1 Å². The van der Waals surface area contributed by atoms with E-state index in [1.54, 1.807) is 12.1 Å². The van der Waals surface area contributed by atoms with Gasteiger partial charge < -0.3 is 5.11 Å². The third-order valence-corrected chi connectivity index (χ3v) is 5.95. The highest BCUT2D eigenvalue weighted by molar-refractivity contribution is 7.17. The molecule has 2 atom stereocenters. The van der Waals surface area contributed by atoms with Crippen LogP contribution < -0.4 is 0 Å². The van der Waals surface area contributed by atoms with Crippen LogP contribution in [-0.4, -0.2) is 42.6 Å². The van der Waals surface area contributed by atoms with Crippen LogP contribution in [0.4, 0.5) is 5.69 Å². The molecule has 2 unspecified atom stereocenters. The number of thiazole rings is 1. The second-order valence-corrected chi connectivity index (χ2v) is 7.75. The molecule has 3 heterocycles. The summed E-state index contributed by atoms with van der Waals surface area (Å²) in [6, 6.07) is 6.41. The maximum Gasteiger partial charge on any atom is 0.269 e. The van der Waals surface area contributed by atoms with E-state index in [4.69, 9.17) is 0 Å². The van der Waals surface area contributed by atoms with Crippen LogP contribution in [0.15, 0.2) is 30.6 Å². The molecule has 0 spiro atoms. The Balaban J connectivity index is 1.79. The topological polar surface area (TPSA) is 96.8 Å². The van der Waals surface area contributed by atoms with E-state index in [9.17, 15) is 15.2 Å². The Hall–Kier alpha value is -2.52. The molecule has 136 valence electrons. The molecular weight excluding hydrogens is 354 g/mol. The first-order chi connectivity index (χ1) is 12.5. The molecule has 4 rings (SSSR count). The van der Waals surface area contributed by atoms with Crippen molar-refractivity contribution in [3.8, 4) is 5.88 Å². The summed E-state index contributed by atoms with van der Waals surface area (Å²) in [4.78, 5) is 18.5. The lowest BCUT2D eigenvalue weighted by Crippen LogP contribution is -2.37. The molecule has 1 aromatic carbocycles. The summed E-state index contributed by atoms with van der Waals surface area (Å²) in [5.41, 5.74) is 0.982. The Morgan fingerprint density at radius 2 is 2.15 bits per heavy atom. The molecule has 1 aliphatic heterocycles. The van der Waals surface area contributed by atoms with Crippen LogP contribution in [0.1, 0.15) is 36.2 Å². The molecule has 1 fully saturated rings. The zero-order valence-electron chi connectivity index (χ0n) is 14.3. The zero-order valence-corrected chi connectivity index (χ0v) is 15.1. The Bertz CT molecular complexity index is 936. The Morgan fingerprint density at radius 1 is 1.38 bits per heavy atom. The molecular formula is C17H19N5O3S. The lowest BCUT2D eigenvalue weighted by Gasteiger charge is -2.37. The van der Waals surface area contributed by atoms with E-state index in [1.165, 1.54) is 40.7 Å². The van der Waals surface area contributed by atoms with Gasteiger partial charge in [-0.2, -0.15) is 9.61 Å². The summed E-state index contributed by atoms with van der Waals surface area (Å²) in [6.45, 7) is 4.05. The first-order valence-corrected chi connectivity index (χ1v) is 9.36. The van der Waals surface area contributed by atoms with Crippen LogP contribution in [0.5, 0.6) is 5.88 Å². The summed E-state index contributed by atoms with van der Waals surface area (Å²) in [6.07, 6.45) is 3.69. The van der Waals surface area contributed by atoms with E-state index in [1.807, 2.05) is 0 Å². The predicted molar refractivity (Wildman–Crippen MR) is 97.4 cm³/mol. The van der Waals surface area contributed by atoms with Gasteiger partial charge in [0.2, 0.25) is 10.8 Å². The monoisotopic (exact) mass is 373 g/mol. The van der Waals surface area contributed by atoms with Crippen molar-refractivity contribution in [3.05, 3.63) is 51.1 Å². The first kappa shape index (κ1) is 16.9. The number of benzene rings is 1. The summed E-state index contributed by atoms with van der Waals surface area (Å²) in [7, 11) is 0. The molecule has 0 radical (unpaired) electrons. The molecule has 0 saturated carbocycles. The van der Waals surface area contributed by atoms with Crippen molar-refractivity contribution in [2.45, 2.75) is 25.8 Å². The number of nitro benzene ring substituents is 1. The minimum Gasteiger partial charge on any atom is -0.492 e. The van der Waals surface area contributed by atoms with E-state index in [0.717, 1.165) is 30.0 Å². The lowest BCUT2D eigenvalue weighted by atomic mass is 9.95. The van der Waals surface area contributed by atoms with Crippen molar-refractivity contribution >= 4 is 22.0 Å². The molecule has 1 N–H and O–H groups in total. The van der Waals surface area contributed by atoms with Crippen LogP contribution in [0.2, 0.25) is 0 Å². The normalized spacial score (nSPS) is 19.7. The van der Waals surface area contributed by atoms with Gasteiger partial charge in [-0.05, 0) is 30.9 Å². The highest BCUT2D eigenvalue weighted by atomic mass is 32.1. The summed E-state index contributed by atoms with van der Waals surface area (Å²) < 4.78 is 1.44. The maximum atomic E-state index is 11.0. The van der Waals surface area contributed by atoms with E-state index in [0.29, 0.717) is 10.9 Å². The maximum absolute atomic E-state index is 11.0. The van der Waals surface area contributed by atoms with Crippen molar-refractivity contribution in [2.24, 2.45) is 5.92 Å². The average Bonchev–Trinajstić information content (AvgIpc) is 3.20. The van der Waals surface area contributed by atoms with Crippen LogP contribution in [0.25, 0.3) is 4.96 Å². The second-order valence-electron chi connectivity index (χ2n) is 6.74. The second kappa shape index (κ2) is 6.65. The average molecular weight is 373 g/mol. The van der Waals surface area contributed by atoms with Crippen LogP contribution in [0, 0.1) is 16.0 Å². The fourth-order valence-electron chi connectivity index (χ4n) is 3.64. The zero-order chi connectivity index (χ0) is 18.3. The number of aromatic nitrogens is 3. The molecule has 3 aromatic rings. The van der Waals surface area contributed by atoms with Gasteiger partial charge in [-0.15, -0.1) is 0 Å². The summed E-state index contributed by atoms with van der Waals surface area (Å²) >= 11 is 1.40. The highest BCUT2D eigenvalue weighted by Gasteiger charge is 2.31. The number of rotatable bonds is 4. The largest absolute Gasteiger partial charge is 0.492 e. The van der Waals surface area contributed by atoms with Gasteiger partial charge in [-0.3, -0.25) is 15.0 Å². The quantitative estimate of drug-likeness (QED) is 0.557. The number of hydrogen-bond donors (Lipinski definition) is 1. The van der Waals surface area contributed by atoms with Gasteiger partial charge in [0.1, 0.15) is 6.33 Å². The number of likely N-dealkylation sites (tertiary alicyclic amines) is 1. The summed E-state index contributed by atoms with van der Waals surface area (Å²) in [5.74, 6) is 0.651. The van der Waals surface area contributed by atoms with Crippen LogP contribution in [-0.2, 0) is 0 Å². The van der Waals surface area contributed by atoms with Gasteiger partial charge >= 0.3 is 0 Å². The molecule has 9 heteroatoms. The number of nitro groups is 1. The molecule has 0 aliphatic carbocycles. The van der Waals surface area contributed by atoms with Gasteiger partial charge in [-0.1, -0.05) is 30.4 Å². The lowest BCUT2D eigenvalue weighted by molar-refractivity contribution is -0.384. The predicted octanol–water partition coefficient (Wildman–Crippen LogP) is 3.23. The number of hydrogen-bond acceptors (Lipinski definition) is 7. The van der Waals surface area contributed by atoms with E-state index < -0.39 is 4.92 Å². The third kappa shape index (κ3) is 2.93. The first-order valence-electron chi connectivity index (χ1n) is 8.54. The van der Waals surface area contributed by atoms with Crippen molar-refractivity contribution < 1.29 is 10.0 Å². The van der Waals surface area contributed by atoms with Crippen molar-refractivity contribution in [1.29, 1.82) is 0 Å². The van der Waals surface area contributed by atoms with Gasteiger partial charge in [0.25, 0.3) is 5.69 Å². The van der Waals surface area contributed by atoms with Gasteiger partial charge in [0, 0.05) is 18.7 Å². The molecule has 8 nitrogen and oxygen atoms in total. The Labute approximate surface area is 153 Å². The van der Waals surface area contributed by atoms with Gasteiger partial charge in [-0.25, -0.2) is 4.98 Å². The molecule has 1 saturated heterocycles. The fourth-order valence-corrected chi connectivity index (χ4v) is 4.73. The highest BCUT2D eigenvalue weighted by Crippen LogP contribution is 2.41. The molecule has 2 aromatic heterocycles. The Morgan fingerprint density at radius 3 is 2.81 bits per heavy atom. The number of aromatic hydroxyl groups is 1. The molecule has 26 heavy (non-hydrogen) atoms. The van der Waals surface area contributed by atoms with Gasteiger partial charge in [0.15, 0.2) is 0 Å². The number of nitrogens with zero attached hydrogens (tertiary/aromatic N) is 5. The van der Waals surface area contributed by atoms with Crippen molar-refractivity contribution in [1.82, 2.24) is 19.5 Å². The van der Waals surface area contributed by atoms with Crippen LogP contribution >= 0.6 is 11.3 Å². The standard InChI is InChI=1S/C17H19N5O3S/c1-11-3-2-8-20(9-11)14(12-4-6-13(7-5-12)22(24)25)15-16(23)21-17(26-15)18-10-19-21/h4-7,10-11,14,23H,2-3,8-9H2,1H3. The minimum atomic E-state index is -0.400. The third-order valence-electron chi connectivity index (χ3n) is 4.86. The van der Waals surface area contributed by atoms with E-state index >= 15 is 0 Å². The van der Waals surface area contributed by atoms with E-state index in [2.05, 4.69) is 21.9 Å². The van der Waals surface area contributed by atoms with Gasteiger partial charge in [0.05, 0.1) is 15.8 Å². The number of piperidine rings is 1. The van der Waals surface area contributed by atoms with E-state index in [-0.39, 0.29) is 17.6 Å². The molecule has 1 aliphatic rings. The minimum absolute atomic E-state index is 0.0615. The molecule has 0 amide bonds. The van der Waals surface area contributed by atoms with Crippen LogP contribution in [0.3, 0.4) is 0 Å². The van der Waals surface area contributed by atoms with Crippen molar-refractivity contribution in [3.63, 3.8) is 0 Å². The Kier molecular flexibility index (Phi) is 4.33. The fraction of sp³-hybridized carbons (Fsp3) is 0.412. The number of non-ortho nitro benzene ring substituents is 1.